The quantitative estimate of drug-likeness (QED) is 0.488. The average molecular weight is 475 g/mol. The number of rotatable bonds is 7. The van der Waals surface area contributed by atoms with Gasteiger partial charge in [-0.2, -0.15) is 11.8 Å². The van der Waals surface area contributed by atoms with Gasteiger partial charge in [-0.05, 0) is 54.7 Å². The minimum absolute atomic E-state index is 0.0316. The molecule has 0 spiro atoms. The fourth-order valence-corrected chi connectivity index (χ4v) is 4.25. The van der Waals surface area contributed by atoms with Gasteiger partial charge in [0.05, 0.1) is 6.04 Å². The maximum Gasteiger partial charge on any atom is 0.239 e. The normalized spacial score (nSPS) is 20.1. The first kappa shape index (κ1) is 20.3. The second-order valence-corrected chi connectivity index (χ2v) is 8.91. The number of nitrogens with zero attached hydrogens (tertiary/aromatic N) is 3. The van der Waals surface area contributed by atoms with E-state index in [1.54, 1.807) is 11.8 Å². The molecule has 1 saturated heterocycles. The molecule has 0 bridgehead atoms. The van der Waals surface area contributed by atoms with Gasteiger partial charge in [-0.25, -0.2) is 10.9 Å². The first-order valence-corrected chi connectivity index (χ1v) is 11.7. The third-order valence-corrected chi connectivity index (χ3v) is 6.24. The lowest BCUT2D eigenvalue weighted by Gasteiger charge is -2.19. The molecule has 4 rings (SSSR count). The van der Waals surface area contributed by atoms with Gasteiger partial charge in [0, 0.05) is 16.7 Å². The Morgan fingerprint density at radius 1 is 1.28 bits per heavy atom. The lowest BCUT2D eigenvalue weighted by atomic mass is 10.0. The molecular weight excluding hydrogens is 452 g/mol. The van der Waals surface area contributed by atoms with E-state index in [4.69, 9.17) is 0 Å². The van der Waals surface area contributed by atoms with Crippen LogP contribution >= 0.6 is 27.7 Å². The van der Waals surface area contributed by atoms with E-state index in [0.717, 1.165) is 33.7 Å². The van der Waals surface area contributed by atoms with Gasteiger partial charge in [0.25, 0.3) is 0 Å². The van der Waals surface area contributed by atoms with Gasteiger partial charge in [-0.3, -0.25) is 9.20 Å². The maximum absolute atomic E-state index is 13.0. The molecule has 1 aliphatic heterocycles. The average Bonchev–Trinajstić information content (AvgIpc) is 3.39. The van der Waals surface area contributed by atoms with Crippen molar-refractivity contribution in [3.8, 4) is 0 Å². The van der Waals surface area contributed by atoms with Crippen molar-refractivity contribution >= 4 is 39.2 Å². The monoisotopic (exact) mass is 474 g/mol. The summed E-state index contributed by atoms with van der Waals surface area (Å²) in [6.45, 7) is 0. The second-order valence-electron chi connectivity index (χ2n) is 7.01. The lowest BCUT2D eigenvalue weighted by molar-refractivity contribution is -0.123. The predicted octanol–water partition coefficient (Wildman–Crippen LogP) is 3.01. The third-order valence-electron chi connectivity index (χ3n) is 5.07. The van der Waals surface area contributed by atoms with Crippen LogP contribution in [0.25, 0.3) is 5.65 Å². The van der Waals surface area contributed by atoms with Gasteiger partial charge in [-0.1, -0.05) is 34.1 Å². The number of hydrazine groups is 1. The fraction of sp³-hybridized carbons (Fsp3) is 0.350. The van der Waals surface area contributed by atoms with Crippen LogP contribution in [0, 0.1) is 0 Å². The molecule has 0 saturated carbocycles. The van der Waals surface area contributed by atoms with Gasteiger partial charge in [0.1, 0.15) is 6.04 Å². The van der Waals surface area contributed by atoms with Crippen LogP contribution < -0.4 is 16.2 Å². The van der Waals surface area contributed by atoms with Crippen LogP contribution in [-0.4, -0.2) is 38.6 Å². The summed E-state index contributed by atoms with van der Waals surface area (Å²) in [7, 11) is 0. The predicted molar refractivity (Wildman–Crippen MR) is 118 cm³/mol. The van der Waals surface area contributed by atoms with E-state index in [0.29, 0.717) is 6.42 Å². The van der Waals surface area contributed by atoms with Crippen molar-refractivity contribution in [2.24, 2.45) is 0 Å². The molecule has 152 valence electrons. The van der Waals surface area contributed by atoms with Crippen LogP contribution in [0.3, 0.4) is 0 Å². The zero-order valence-electron chi connectivity index (χ0n) is 16.0. The number of benzene rings is 1. The molecule has 1 aromatic carbocycles. The fourth-order valence-electron chi connectivity index (χ4n) is 3.51. The Labute approximate surface area is 182 Å². The Bertz CT molecular complexity index is 979. The molecule has 1 fully saturated rings. The van der Waals surface area contributed by atoms with Crippen molar-refractivity contribution in [1.29, 1.82) is 0 Å². The number of hydrogen-bond donors (Lipinski definition) is 3. The summed E-state index contributed by atoms with van der Waals surface area (Å²) >= 11 is 5.21. The van der Waals surface area contributed by atoms with E-state index in [2.05, 4.69) is 60.7 Å². The Morgan fingerprint density at radius 2 is 2.10 bits per heavy atom. The minimum atomic E-state index is -0.306. The number of aromatic nitrogens is 3. The summed E-state index contributed by atoms with van der Waals surface area (Å²) in [5.41, 5.74) is 8.31. The van der Waals surface area contributed by atoms with E-state index in [1.807, 2.05) is 40.9 Å². The number of carbonyl (C=O) groups excluding carboxylic acids is 1. The molecule has 1 aliphatic rings. The van der Waals surface area contributed by atoms with E-state index >= 15 is 0 Å². The number of nitrogens with one attached hydrogen (secondary N) is 3. The summed E-state index contributed by atoms with van der Waals surface area (Å²) in [6, 6.07) is 13.5. The van der Waals surface area contributed by atoms with Crippen LogP contribution in [-0.2, 0) is 4.79 Å². The molecule has 3 unspecified atom stereocenters. The number of amides is 1. The molecule has 1 amide bonds. The SMILES string of the molecule is CSCCC(NC(=O)C1CC(c2ccc(Br)cc2)NN1)c1nnc2ccccn12. The number of halogens is 1. The summed E-state index contributed by atoms with van der Waals surface area (Å²) in [4.78, 5) is 13.0. The molecule has 3 atom stereocenters. The van der Waals surface area contributed by atoms with Crippen molar-refractivity contribution in [3.05, 3.63) is 64.5 Å². The third kappa shape index (κ3) is 4.63. The lowest BCUT2D eigenvalue weighted by Crippen LogP contribution is -2.44. The van der Waals surface area contributed by atoms with Crippen LogP contribution in [0.5, 0.6) is 0 Å². The number of carbonyl (C=O) groups is 1. The van der Waals surface area contributed by atoms with Crippen LogP contribution in [0.4, 0.5) is 0 Å². The molecule has 29 heavy (non-hydrogen) atoms. The molecule has 3 aromatic rings. The Morgan fingerprint density at radius 3 is 2.90 bits per heavy atom. The van der Waals surface area contributed by atoms with Crippen molar-refractivity contribution in [2.75, 3.05) is 12.0 Å². The molecule has 9 heteroatoms. The van der Waals surface area contributed by atoms with Crippen LogP contribution in [0.2, 0.25) is 0 Å². The highest BCUT2D eigenvalue weighted by atomic mass is 79.9. The topological polar surface area (TPSA) is 83.4 Å². The standard InChI is InChI=1S/C20H23BrN6OS/c1-29-11-9-15(19-26-25-18-4-2-3-10-27(18)19)22-20(28)17-12-16(23-24-17)13-5-7-14(21)8-6-13/h2-8,10,15-17,23-24H,9,11-12H2,1H3,(H,22,28). The molecule has 0 aliphatic carbocycles. The zero-order chi connectivity index (χ0) is 20.2. The molecule has 7 nitrogen and oxygen atoms in total. The van der Waals surface area contributed by atoms with Gasteiger partial charge in [0.2, 0.25) is 5.91 Å². The highest BCUT2D eigenvalue weighted by Gasteiger charge is 2.32. The molecule has 0 radical (unpaired) electrons. The maximum atomic E-state index is 13.0. The summed E-state index contributed by atoms with van der Waals surface area (Å²) in [5.74, 6) is 1.65. The van der Waals surface area contributed by atoms with Crippen molar-refractivity contribution in [3.63, 3.8) is 0 Å². The number of fused-ring (bicyclic) bond motifs is 1. The van der Waals surface area contributed by atoms with Crippen LogP contribution in [0.1, 0.15) is 36.3 Å². The molecule has 3 heterocycles. The highest BCUT2D eigenvalue weighted by Crippen LogP contribution is 2.25. The number of pyridine rings is 1. The summed E-state index contributed by atoms with van der Waals surface area (Å²) < 4.78 is 2.98. The molecule has 2 aromatic heterocycles. The Hall–Kier alpha value is -1.94. The highest BCUT2D eigenvalue weighted by molar-refractivity contribution is 9.10. The first-order chi connectivity index (χ1) is 14.2. The number of hydrogen-bond acceptors (Lipinski definition) is 6. The van der Waals surface area contributed by atoms with Crippen molar-refractivity contribution in [2.45, 2.75) is 31.0 Å². The smallest absolute Gasteiger partial charge is 0.239 e. The Kier molecular flexibility index (Phi) is 6.49. The van der Waals surface area contributed by atoms with Gasteiger partial charge in [0.15, 0.2) is 11.5 Å². The van der Waals surface area contributed by atoms with E-state index in [-0.39, 0.29) is 24.0 Å². The van der Waals surface area contributed by atoms with E-state index in [1.165, 1.54) is 0 Å². The summed E-state index contributed by atoms with van der Waals surface area (Å²) in [5, 5.41) is 11.8. The van der Waals surface area contributed by atoms with Gasteiger partial charge >= 0.3 is 0 Å². The second kappa shape index (κ2) is 9.25. The number of thioether (sulfide) groups is 1. The van der Waals surface area contributed by atoms with Crippen LogP contribution in [0.15, 0.2) is 53.1 Å². The Balaban J connectivity index is 1.46. The molecule has 3 N–H and O–H groups in total. The zero-order valence-corrected chi connectivity index (χ0v) is 18.4. The largest absolute Gasteiger partial charge is 0.345 e. The summed E-state index contributed by atoms with van der Waals surface area (Å²) in [6.07, 6.45) is 5.47. The minimum Gasteiger partial charge on any atom is -0.345 e. The van der Waals surface area contributed by atoms with E-state index < -0.39 is 0 Å². The van der Waals surface area contributed by atoms with E-state index in [9.17, 15) is 4.79 Å². The van der Waals surface area contributed by atoms with Crippen molar-refractivity contribution < 1.29 is 4.79 Å². The van der Waals surface area contributed by atoms with Crippen molar-refractivity contribution in [1.82, 2.24) is 30.8 Å². The first-order valence-electron chi connectivity index (χ1n) is 9.51. The van der Waals surface area contributed by atoms with Gasteiger partial charge in [-0.15, -0.1) is 10.2 Å². The molecular formula is C20H23BrN6OS. The van der Waals surface area contributed by atoms with Gasteiger partial charge < -0.3 is 5.32 Å².